The van der Waals surface area contributed by atoms with Crippen LogP contribution in [0.15, 0.2) is 24.7 Å². The van der Waals surface area contributed by atoms with Gasteiger partial charge in [0.25, 0.3) is 0 Å². The van der Waals surface area contributed by atoms with Crippen molar-refractivity contribution in [2.24, 2.45) is 5.92 Å². The van der Waals surface area contributed by atoms with Crippen molar-refractivity contribution in [3.8, 4) is 0 Å². The fourth-order valence-corrected chi connectivity index (χ4v) is 2.41. The molecule has 122 valence electrons. The van der Waals surface area contributed by atoms with Crippen LogP contribution in [0.1, 0.15) is 13.8 Å². The number of nitrogens with zero attached hydrogens (tertiary/aromatic N) is 7. The van der Waals surface area contributed by atoms with E-state index in [1.165, 1.54) is 0 Å². The summed E-state index contributed by atoms with van der Waals surface area (Å²) in [7, 11) is 0. The summed E-state index contributed by atoms with van der Waals surface area (Å²) in [6, 6.07) is 1.83. The van der Waals surface area contributed by atoms with Gasteiger partial charge < -0.3 is 15.1 Å². The molecule has 1 N–H and O–H groups in total. The van der Waals surface area contributed by atoms with Crippen molar-refractivity contribution in [1.29, 1.82) is 0 Å². The average Bonchev–Trinajstić information content (AvgIpc) is 2.61. The lowest BCUT2D eigenvalue weighted by Gasteiger charge is -2.35. The van der Waals surface area contributed by atoms with E-state index in [4.69, 9.17) is 0 Å². The van der Waals surface area contributed by atoms with Crippen LogP contribution in [0.3, 0.4) is 0 Å². The fourth-order valence-electron chi connectivity index (χ4n) is 2.41. The van der Waals surface area contributed by atoms with Gasteiger partial charge in [-0.1, -0.05) is 13.8 Å². The van der Waals surface area contributed by atoms with Crippen LogP contribution in [0.4, 0.5) is 17.7 Å². The van der Waals surface area contributed by atoms with Crippen LogP contribution >= 0.6 is 0 Å². The van der Waals surface area contributed by atoms with Crippen molar-refractivity contribution in [3.05, 3.63) is 24.7 Å². The number of nitrogens with one attached hydrogen (secondary N) is 1. The maximum Gasteiger partial charge on any atom is 0.244 e. The third-order valence-electron chi connectivity index (χ3n) is 3.65. The molecule has 2 aromatic heterocycles. The summed E-state index contributed by atoms with van der Waals surface area (Å²) in [5.41, 5.74) is 0. The molecule has 0 bridgehead atoms. The lowest BCUT2D eigenvalue weighted by molar-refractivity contribution is 0.631. The molecule has 0 amide bonds. The second kappa shape index (κ2) is 7.17. The topological polar surface area (TPSA) is 83.0 Å². The Morgan fingerprint density at radius 1 is 1.09 bits per heavy atom. The molecule has 1 aliphatic heterocycles. The lowest BCUT2D eigenvalue weighted by atomic mass is 10.2. The van der Waals surface area contributed by atoms with Gasteiger partial charge in [-0.3, -0.25) is 0 Å². The number of aromatic nitrogens is 5. The molecule has 8 nitrogen and oxygen atoms in total. The van der Waals surface area contributed by atoms with Gasteiger partial charge in [-0.05, 0) is 12.0 Å². The predicted octanol–water partition coefficient (Wildman–Crippen LogP) is 1.06. The Balaban J connectivity index is 1.60. The molecule has 0 unspecified atom stereocenters. The molecule has 8 heteroatoms. The highest BCUT2D eigenvalue weighted by Crippen LogP contribution is 2.16. The van der Waals surface area contributed by atoms with Gasteiger partial charge in [0.1, 0.15) is 0 Å². The molecule has 1 saturated heterocycles. The minimum atomic E-state index is 0.539. The van der Waals surface area contributed by atoms with Crippen molar-refractivity contribution < 1.29 is 0 Å². The van der Waals surface area contributed by atoms with E-state index < -0.39 is 0 Å². The van der Waals surface area contributed by atoms with Gasteiger partial charge in [-0.25, -0.2) is 9.97 Å². The van der Waals surface area contributed by atoms with E-state index in [9.17, 15) is 0 Å². The van der Waals surface area contributed by atoms with Crippen molar-refractivity contribution in [2.75, 3.05) is 47.8 Å². The molecule has 1 fully saturated rings. The van der Waals surface area contributed by atoms with Gasteiger partial charge >= 0.3 is 0 Å². The first-order chi connectivity index (χ1) is 11.2. The van der Waals surface area contributed by atoms with Crippen molar-refractivity contribution in [1.82, 2.24) is 25.1 Å². The Morgan fingerprint density at radius 3 is 2.48 bits per heavy atom. The highest BCUT2D eigenvalue weighted by molar-refractivity contribution is 5.43. The van der Waals surface area contributed by atoms with Gasteiger partial charge in [-0.15, -0.1) is 5.10 Å². The van der Waals surface area contributed by atoms with Crippen LogP contribution in [-0.4, -0.2) is 57.9 Å². The standard InChI is InChI=1S/C15H22N8/c1-12(2)10-18-14-20-13(11-19-21-14)22-6-8-23(9-7-22)15-16-4-3-5-17-15/h3-5,11-12H,6-10H2,1-2H3,(H,18,20,21). The van der Waals surface area contributed by atoms with Crippen LogP contribution in [0.5, 0.6) is 0 Å². The largest absolute Gasteiger partial charge is 0.353 e. The van der Waals surface area contributed by atoms with E-state index in [0.717, 1.165) is 44.5 Å². The second-order valence-corrected chi connectivity index (χ2v) is 5.94. The van der Waals surface area contributed by atoms with Gasteiger partial charge in [0.15, 0.2) is 5.82 Å². The average molecular weight is 314 g/mol. The molecule has 3 rings (SSSR count). The maximum atomic E-state index is 4.56. The van der Waals surface area contributed by atoms with Crippen LogP contribution in [0, 0.1) is 5.92 Å². The Bertz CT molecular complexity index is 610. The highest BCUT2D eigenvalue weighted by atomic mass is 15.4. The van der Waals surface area contributed by atoms with Gasteiger partial charge in [0.05, 0.1) is 6.20 Å². The van der Waals surface area contributed by atoms with Crippen LogP contribution < -0.4 is 15.1 Å². The molecular formula is C15H22N8. The molecule has 0 spiro atoms. The molecule has 1 aliphatic rings. The molecular weight excluding hydrogens is 292 g/mol. The third-order valence-corrected chi connectivity index (χ3v) is 3.65. The number of hydrogen-bond acceptors (Lipinski definition) is 8. The molecule has 0 radical (unpaired) electrons. The van der Waals surface area contributed by atoms with Gasteiger partial charge in [-0.2, -0.15) is 10.1 Å². The molecule has 23 heavy (non-hydrogen) atoms. The Kier molecular flexibility index (Phi) is 4.80. The first kappa shape index (κ1) is 15.4. The molecule has 0 aromatic carbocycles. The van der Waals surface area contributed by atoms with E-state index in [1.54, 1.807) is 18.6 Å². The van der Waals surface area contributed by atoms with E-state index in [-0.39, 0.29) is 0 Å². The highest BCUT2D eigenvalue weighted by Gasteiger charge is 2.20. The fraction of sp³-hybridized carbons (Fsp3) is 0.533. The molecule has 3 heterocycles. The smallest absolute Gasteiger partial charge is 0.244 e. The van der Waals surface area contributed by atoms with E-state index in [0.29, 0.717) is 11.9 Å². The van der Waals surface area contributed by atoms with E-state index in [2.05, 4.69) is 54.1 Å². The normalized spacial score (nSPS) is 15.1. The summed E-state index contributed by atoms with van der Waals surface area (Å²) in [5, 5.41) is 11.3. The first-order valence-corrected chi connectivity index (χ1v) is 7.93. The first-order valence-electron chi connectivity index (χ1n) is 7.93. The summed E-state index contributed by atoms with van der Waals surface area (Å²) >= 11 is 0. The number of rotatable bonds is 5. The van der Waals surface area contributed by atoms with Crippen LogP contribution in [0.2, 0.25) is 0 Å². The molecule has 0 atom stereocenters. The number of anilines is 3. The Hall–Kier alpha value is -2.51. The van der Waals surface area contributed by atoms with Crippen molar-refractivity contribution >= 4 is 17.7 Å². The van der Waals surface area contributed by atoms with Crippen molar-refractivity contribution in [3.63, 3.8) is 0 Å². The monoisotopic (exact) mass is 314 g/mol. The van der Waals surface area contributed by atoms with E-state index in [1.807, 2.05) is 6.07 Å². The summed E-state index contributed by atoms with van der Waals surface area (Å²) in [5.74, 6) is 2.77. The minimum absolute atomic E-state index is 0.539. The quantitative estimate of drug-likeness (QED) is 0.877. The Morgan fingerprint density at radius 2 is 1.78 bits per heavy atom. The van der Waals surface area contributed by atoms with Gasteiger partial charge in [0.2, 0.25) is 11.9 Å². The van der Waals surface area contributed by atoms with Crippen LogP contribution in [0.25, 0.3) is 0 Å². The predicted molar refractivity (Wildman–Crippen MR) is 89.6 cm³/mol. The lowest BCUT2D eigenvalue weighted by Crippen LogP contribution is -2.47. The van der Waals surface area contributed by atoms with Crippen LogP contribution in [-0.2, 0) is 0 Å². The van der Waals surface area contributed by atoms with Crippen molar-refractivity contribution in [2.45, 2.75) is 13.8 Å². The summed E-state index contributed by atoms with van der Waals surface area (Å²) in [6.45, 7) is 8.58. The zero-order valence-electron chi connectivity index (χ0n) is 13.6. The molecule has 2 aromatic rings. The zero-order chi connectivity index (χ0) is 16.1. The molecule has 0 saturated carbocycles. The van der Waals surface area contributed by atoms with Gasteiger partial charge in [0, 0.05) is 45.1 Å². The van der Waals surface area contributed by atoms with E-state index >= 15 is 0 Å². The Labute approximate surface area is 136 Å². The summed E-state index contributed by atoms with van der Waals surface area (Å²) in [4.78, 5) is 17.6. The summed E-state index contributed by atoms with van der Waals surface area (Å²) < 4.78 is 0. The number of hydrogen-bond donors (Lipinski definition) is 1. The molecule has 0 aliphatic carbocycles. The zero-order valence-corrected chi connectivity index (χ0v) is 13.6. The number of piperazine rings is 1. The second-order valence-electron chi connectivity index (χ2n) is 5.94. The maximum absolute atomic E-state index is 4.56. The summed E-state index contributed by atoms with van der Waals surface area (Å²) in [6.07, 6.45) is 5.26. The minimum Gasteiger partial charge on any atom is -0.353 e. The third kappa shape index (κ3) is 4.02. The SMILES string of the molecule is CC(C)CNc1nncc(N2CCN(c3ncccn3)CC2)n1.